The Labute approximate surface area is 145 Å². The fraction of sp³-hybridized carbons (Fsp3) is 0.278. The fourth-order valence-corrected chi connectivity index (χ4v) is 2.89. The van der Waals surface area contributed by atoms with Crippen LogP contribution < -0.4 is 10.6 Å². The van der Waals surface area contributed by atoms with Crippen molar-refractivity contribution in [2.45, 2.75) is 20.4 Å². The minimum absolute atomic E-state index is 0.560. The van der Waals surface area contributed by atoms with Gasteiger partial charge in [-0.1, -0.05) is 18.2 Å². The molecule has 0 amide bonds. The highest BCUT2D eigenvalue weighted by molar-refractivity contribution is 5.93. The van der Waals surface area contributed by atoms with Crippen molar-refractivity contribution in [2.75, 3.05) is 18.7 Å². The largest absolute Gasteiger partial charge is 0.468 e. The quantitative estimate of drug-likeness (QED) is 0.765. The van der Waals surface area contributed by atoms with Gasteiger partial charge in [0.1, 0.15) is 5.76 Å². The number of benzene rings is 1. The number of hydrogen-bond acceptors (Lipinski definition) is 7. The van der Waals surface area contributed by atoms with Crippen LogP contribution in [0.25, 0.3) is 10.9 Å². The van der Waals surface area contributed by atoms with Gasteiger partial charge in [0.25, 0.3) is 0 Å². The number of anilines is 1. The van der Waals surface area contributed by atoms with E-state index in [1.54, 1.807) is 6.26 Å². The third kappa shape index (κ3) is 3.32. The second-order valence-electron chi connectivity index (χ2n) is 6.12. The molecular formula is C18H20N6O. The smallest absolute Gasteiger partial charge is 0.230 e. The molecule has 4 rings (SSSR count). The summed E-state index contributed by atoms with van der Waals surface area (Å²) in [5, 5.41) is 7.52. The van der Waals surface area contributed by atoms with Gasteiger partial charge >= 0.3 is 0 Å². The molecule has 0 atom stereocenters. The van der Waals surface area contributed by atoms with Crippen molar-refractivity contribution >= 4 is 22.8 Å². The lowest BCUT2D eigenvalue weighted by molar-refractivity contribution is 0.236. The number of fused-ring (bicyclic) bond motifs is 1. The maximum atomic E-state index is 5.37. The molecular weight excluding hydrogens is 316 g/mol. The summed E-state index contributed by atoms with van der Waals surface area (Å²) >= 11 is 0. The molecule has 25 heavy (non-hydrogen) atoms. The van der Waals surface area contributed by atoms with Gasteiger partial charge in [-0.05, 0) is 31.5 Å². The topological polar surface area (TPSA) is 78.6 Å². The van der Waals surface area contributed by atoms with Gasteiger partial charge in [-0.25, -0.2) is 15.0 Å². The van der Waals surface area contributed by atoms with E-state index in [9.17, 15) is 0 Å². The van der Waals surface area contributed by atoms with Crippen LogP contribution >= 0.6 is 0 Å². The number of nitrogens with zero attached hydrogens (tertiary/aromatic N) is 4. The molecule has 2 aromatic heterocycles. The maximum Gasteiger partial charge on any atom is 0.230 e. The van der Waals surface area contributed by atoms with Gasteiger partial charge in [-0.15, -0.1) is 0 Å². The van der Waals surface area contributed by atoms with E-state index in [1.165, 1.54) is 0 Å². The van der Waals surface area contributed by atoms with Crippen LogP contribution in [0.1, 0.15) is 17.0 Å². The Balaban J connectivity index is 1.48. The van der Waals surface area contributed by atoms with Gasteiger partial charge in [0.2, 0.25) is 11.9 Å². The Morgan fingerprint density at radius 1 is 1.20 bits per heavy atom. The third-order valence-electron chi connectivity index (χ3n) is 4.21. The van der Waals surface area contributed by atoms with Crippen molar-refractivity contribution < 1.29 is 4.42 Å². The summed E-state index contributed by atoms with van der Waals surface area (Å²) in [7, 11) is 0. The van der Waals surface area contributed by atoms with E-state index >= 15 is 0 Å². The van der Waals surface area contributed by atoms with Crippen LogP contribution in [0.2, 0.25) is 0 Å². The summed E-state index contributed by atoms with van der Waals surface area (Å²) in [5.41, 5.74) is 3.05. The Bertz CT molecular complexity index is 919. The standard InChI is InChI=1S/C18H20N6O/c1-12-5-3-7-15-13(2)21-18(22-16(12)15)23-17-19-10-24(11-20-17)9-14-6-4-8-25-14/h3-8H,9-11H2,1-2H3,(H2,19,20,21,22,23). The monoisotopic (exact) mass is 336 g/mol. The molecule has 2 N–H and O–H groups in total. The first-order valence-electron chi connectivity index (χ1n) is 8.23. The number of para-hydroxylation sites is 1. The summed E-state index contributed by atoms with van der Waals surface area (Å²) in [6.07, 6.45) is 1.68. The molecule has 0 saturated heterocycles. The predicted molar refractivity (Wildman–Crippen MR) is 97.2 cm³/mol. The molecule has 0 spiro atoms. The van der Waals surface area contributed by atoms with E-state index in [0.717, 1.165) is 34.5 Å². The van der Waals surface area contributed by atoms with Crippen molar-refractivity contribution in [1.82, 2.24) is 20.2 Å². The summed E-state index contributed by atoms with van der Waals surface area (Å²) < 4.78 is 5.37. The number of aromatic nitrogens is 2. The highest BCUT2D eigenvalue weighted by Gasteiger charge is 2.15. The second-order valence-corrected chi connectivity index (χ2v) is 6.12. The molecule has 0 radical (unpaired) electrons. The lowest BCUT2D eigenvalue weighted by Crippen LogP contribution is -2.45. The Morgan fingerprint density at radius 2 is 2.12 bits per heavy atom. The normalized spacial score (nSPS) is 15.0. The van der Waals surface area contributed by atoms with E-state index in [1.807, 2.05) is 31.2 Å². The molecule has 3 aromatic rings. The second kappa shape index (κ2) is 6.52. The van der Waals surface area contributed by atoms with Gasteiger partial charge < -0.3 is 9.73 Å². The lowest BCUT2D eigenvalue weighted by atomic mass is 10.1. The molecule has 0 bridgehead atoms. The van der Waals surface area contributed by atoms with E-state index in [2.05, 4.69) is 43.5 Å². The summed E-state index contributed by atoms with van der Waals surface area (Å²) in [4.78, 5) is 15.8. The zero-order valence-corrected chi connectivity index (χ0v) is 14.3. The molecule has 1 aromatic carbocycles. The molecule has 1 aliphatic heterocycles. The van der Waals surface area contributed by atoms with Crippen LogP contribution in [0.3, 0.4) is 0 Å². The number of nitrogens with one attached hydrogen (secondary N) is 2. The van der Waals surface area contributed by atoms with Crippen LogP contribution in [-0.4, -0.2) is 34.2 Å². The molecule has 7 heteroatoms. The molecule has 0 aliphatic carbocycles. The van der Waals surface area contributed by atoms with Crippen molar-refractivity contribution in [1.29, 1.82) is 0 Å². The van der Waals surface area contributed by atoms with E-state index in [-0.39, 0.29) is 0 Å². The highest BCUT2D eigenvalue weighted by Crippen LogP contribution is 2.20. The predicted octanol–water partition coefficient (Wildman–Crippen LogP) is 2.63. The molecule has 0 unspecified atom stereocenters. The van der Waals surface area contributed by atoms with Gasteiger partial charge in [0, 0.05) is 5.39 Å². The first kappa shape index (κ1) is 15.6. The molecule has 0 fully saturated rings. The van der Waals surface area contributed by atoms with E-state index in [4.69, 9.17) is 4.42 Å². The summed E-state index contributed by atoms with van der Waals surface area (Å²) in [5.74, 6) is 2.17. The molecule has 128 valence electrons. The average molecular weight is 336 g/mol. The van der Waals surface area contributed by atoms with Crippen LogP contribution in [0, 0.1) is 13.8 Å². The first-order chi connectivity index (χ1) is 12.2. The number of rotatable bonds is 3. The Kier molecular flexibility index (Phi) is 4.07. The summed E-state index contributed by atoms with van der Waals surface area (Å²) in [6.45, 7) is 6.04. The van der Waals surface area contributed by atoms with Gasteiger partial charge in [0.05, 0.1) is 37.4 Å². The molecule has 7 nitrogen and oxygen atoms in total. The Hall–Kier alpha value is -2.93. The number of furan rings is 1. The van der Waals surface area contributed by atoms with Crippen molar-refractivity contribution in [2.24, 2.45) is 4.99 Å². The number of aliphatic imine (C=N–C) groups is 1. The highest BCUT2D eigenvalue weighted by atomic mass is 16.3. The van der Waals surface area contributed by atoms with Gasteiger partial charge in [-0.3, -0.25) is 10.2 Å². The summed E-state index contributed by atoms with van der Waals surface area (Å²) in [6, 6.07) is 9.99. The number of hydrogen-bond donors (Lipinski definition) is 2. The van der Waals surface area contributed by atoms with Crippen LogP contribution in [0.5, 0.6) is 0 Å². The van der Waals surface area contributed by atoms with Crippen LogP contribution in [0.15, 0.2) is 46.0 Å². The molecule has 3 heterocycles. The van der Waals surface area contributed by atoms with E-state index in [0.29, 0.717) is 25.2 Å². The van der Waals surface area contributed by atoms with E-state index < -0.39 is 0 Å². The molecule has 0 saturated carbocycles. The fourth-order valence-electron chi connectivity index (χ4n) is 2.89. The van der Waals surface area contributed by atoms with Crippen LogP contribution in [-0.2, 0) is 6.54 Å². The van der Waals surface area contributed by atoms with Gasteiger partial charge in [-0.2, -0.15) is 0 Å². The third-order valence-corrected chi connectivity index (χ3v) is 4.21. The van der Waals surface area contributed by atoms with Gasteiger partial charge in [0.15, 0.2) is 0 Å². The number of guanidine groups is 1. The molecule has 1 aliphatic rings. The minimum atomic E-state index is 0.560. The van der Waals surface area contributed by atoms with Crippen molar-refractivity contribution in [3.8, 4) is 0 Å². The lowest BCUT2D eigenvalue weighted by Gasteiger charge is -2.26. The Morgan fingerprint density at radius 3 is 2.88 bits per heavy atom. The van der Waals surface area contributed by atoms with Crippen molar-refractivity contribution in [3.05, 3.63) is 53.6 Å². The zero-order valence-electron chi connectivity index (χ0n) is 14.3. The SMILES string of the molecule is Cc1nc(NC2=NCN(Cc3ccco3)CN2)nc2c(C)cccc12. The number of aryl methyl sites for hydroxylation is 2. The average Bonchev–Trinajstić information content (AvgIpc) is 3.11. The van der Waals surface area contributed by atoms with Crippen LogP contribution in [0.4, 0.5) is 5.95 Å². The first-order valence-corrected chi connectivity index (χ1v) is 8.23. The minimum Gasteiger partial charge on any atom is -0.468 e. The zero-order chi connectivity index (χ0) is 17.2. The van der Waals surface area contributed by atoms with Crippen molar-refractivity contribution in [3.63, 3.8) is 0 Å². The maximum absolute atomic E-state index is 5.37.